The Kier molecular flexibility index (Phi) is 7.27. The van der Waals surface area contributed by atoms with Crippen LogP contribution < -0.4 is 4.74 Å². The summed E-state index contributed by atoms with van der Waals surface area (Å²) in [5.41, 5.74) is 0. The smallest absolute Gasteiger partial charge is 0.322 e. The van der Waals surface area contributed by atoms with Crippen molar-refractivity contribution >= 4 is 29.3 Å². The molecule has 0 amide bonds. The molecule has 0 heterocycles. The van der Waals surface area contributed by atoms with Crippen molar-refractivity contribution < 1.29 is 19.1 Å². The monoisotopic (exact) mass is 238 g/mol. The van der Waals surface area contributed by atoms with Crippen molar-refractivity contribution in [2.24, 2.45) is 0 Å². The molecule has 4 nitrogen and oxygen atoms in total. The van der Waals surface area contributed by atoms with Gasteiger partial charge in [-0.25, -0.2) is 0 Å². The van der Waals surface area contributed by atoms with Crippen LogP contribution in [0.5, 0.6) is 5.75 Å². The molecule has 1 aromatic rings. The van der Waals surface area contributed by atoms with E-state index in [1.54, 1.807) is 31.2 Å². The van der Waals surface area contributed by atoms with Crippen LogP contribution >= 0.6 is 0 Å². The maximum absolute atomic E-state index is 11.2. The maximum atomic E-state index is 11.2. The van der Waals surface area contributed by atoms with Gasteiger partial charge in [0.2, 0.25) is 0 Å². The highest BCUT2D eigenvalue weighted by molar-refractivity contribution is 5.92. The average Bonchev–Trinajstić information content (AvgIpc) is 2.19. The average molecular weight is 238 g/mol. The van der Waals surface area contributed by atoms with Gasteiger partial charge in [-0.15, -0.1) is 0 Å². The summed E-state index contributed by atoms with van der Waals surface area (Å²) in [7, 11) is 0. The van der Waals surface area contributed by atoms with Gasteiger partial charge in [-0.1, -0.05) is 18.2 Å². The summed E-state index contributed by atoms with van der Waals surface area (Å²) in [5, 5.41) is 0. The fourth-order valence-electron chi connectivity index (χ4n) is 0.986. The summed E-state index contributed by atoms with van der Waals surface area (Å²) in [4.78, 5) is 22.1. The Hall–Kier alpha value is -1.31. The topological polar surface area (TPSA) is 52.6 Å². The second-order valence-corrected chi connectivity index (χ2v) is 2.77. The molecular formula is C11H15AlO4. The standard InChI is InChI=1S/C11H12O4.Al.3H/c1-2-14-10(12)8-11(13)15-9-6-4-3-5-7-9;;;;/h3-7H,2,8H2,1H3;;;;. The maximum Gasteiger partial charge on any atom is 0.322 e. The van der Waals surface area contributed by atoms with Gasteiger partial charge in [-0.2, -0.15) is 0 Å². The van der Waals surface area contributed by atoms with Gasteiger partial charge in [0.25, 0.3) is 0 Å². The number of hydrogen-bond donors (Lipinski definition) is 0. The number of carbonyl (C=O) groups excluding carboxylic acids is 2. The van der Waals surface area contributed by atoms with Gasteiger partial charge in [0, 0.05) is 0 Å². The molecule has 0 spiro atoms. The van der Waals surface area contributed by atoms with Gasteiger partial charge >= 0.3 is 11.9 Å². The number of rotatable bonds is 4. The van der Waals surface area contributed by atoms with Crippen LogP contribution in [0, 0.1) is 0 Å². The molecule has 16 heavy (non-hydrogen) atoms. The molecule has 5 heteroatoms. The molecule has 0 aliphatic heterocycles. The van der Waals surface area contributed by atoms with E-state index in [1.165, 1.54) is 0 Å². The van der Waals surface area contributed by atoms with Gasteiger partial charge in [0.05, 0.1) is 6.61 Å². The van der Waals surface area contributed by atoms with Crippen LogP contribution in [0.4, 0.5) is 0 Å². The number of carbonyl (C=O) groups is 2. The van der Waals surface area contributed by atoms with E-state index in [0.717, 1.165) is 0 Å². The molecule has 0 aliphatic carbocycles. The Balaban J connectivity index is 0.00000225. The van der Waals surface area contributed by atoms with Crippen LogP contribution in [0.1, 0.15) is 13.3 Å². The Morgan fingerprint density at radius 1 is 1.12 bits per heavy atom. The lowest BCUT2D eigenvalue weighted by molar-refractivity contribution is -0.149. The minimum absolute atomic E-state index is 0. The molecule has 0 atom stereocenters. The number of esters is 2. The van der Waals surface area contributed by atoms with Crippen molar-refractivity contribution in [2.45, 2.75) is 13.3 Å². The lowest BCUT2D eigenvalue weighted by atomic mass is 10.3. The minimum atomic E-state index is -0.611. The van der Waals surface area contributed by atoms with Crippen LogP contribution in [0.25, 0.3) is 0 Å². The van der Waals surface area contributed by atoms with Crippen LogP contribution in [-0.2, 0) is 14.3 Å². The van der Waals surface area contributed by atoms with E-state index < -0.39 is 11.9 Å². The molecule has 0 unspecified atom stereocenters. The molecule has 0 bridgehead atoms. The molecule has 0 fully saturated rings. The second-order valence-electron chi connectivity index (χ2n) is 2.77. The third kappa shape index (κ3) is 5.54. The predicted molar refractivity (Wildman–Crippen MR) is 63.3 cm³/mol. The van der Waals surface area contributed by atoms with Crippen LogP contribution in [0.3, 0.4) is 0 Å². The molecule has 1 aromatic carbocycles. The van der Waals surface area contributed by atoms with Crippen LogP contribution in [0.15, 0.2) is 30.3 Å². The zero-order valence-corrected chi connectivity index (χ0v) is 8.43. The van der Waals surface area contributed by atoms with Gasteiger partial charge in [-0.05, 0) is 19.1 Å². The highest BCUT2D eigenvalue weighted by atomic mass is 27.0. The summed E-state index contributed by atoms with van der Waals surface area (Å²) in [6.07, 6.45) is -0.358. The highest BCUT2D eigenvalue weighted by Crippen LogP contribution is 2.09. The Morgan fingerprint density at radius 3 is 2.31 bits per heavy atom. The summed E-state index contributed by atoms with van der Waals surface area (Å²) in [5.74, 6) is -0.759. The Morgan fingerprint density at radius 2 is 1.75 bits per heavy atom. The molecule has 0 saturated carbocycles. The zero-order chi connectivity index (χ0) is 11.1. The van der Waals surface area contributed by atoms with Gasteiger partial charge in [0.1, 0.15) is 12.2 Å². The fourth-order valence-corrected chi connectivity index (χ4v) is 0.986. The van der Waals surface area contributed by atoms with E-state index in [9.17, 15) is 9.59 Å². The first-order valence-corrected chi connectivity index (χ1v) is 4.63. The van der Waals surface area contributed by atoms with Crippen LogP contribution in [-0.4, -0.2) is 35.9 Å². The lowest BCUT2D eigenvalue weighted by Gasteiger charge is -2.03. The largest absolute Gasteiger partial charge is 0.466 e. The Labute approximate surface area is 105 Å². The SMILES string of the molecule is CCOC(=O)CC(=O)Oc1ccccc1.[AlH3]. The third-order valence-electron chi connectivity index (χ3n) is 1.57. The van der Waals surface area contributed by atoms with Crippen molar-refractivity contribution in [3.63, 3.8) is 0 Å². The van der Waals surface area contributed by atoms with Gasteiger partial charge < -0.3 is 9.47 Å². The normalized spacial score (nSPS) is 8.81. The molecule has 0 aliphatic rings. The summed E-state index contributed by atoms with van der Waals surface area (Å²) in [6.45, 7) is 1.94. The minimum Gasteiger partial charge on any atom is -0.466 e. The molecule has 86 valence electrons. The molecule has 0 N–H and O–H groups in total. The molecule has 0 aromatic heterocycles. The Bertz CT molecular complexity index is 337. The first-order chi connectivity index (χ1) is 7.22. The second kappa shape index (κ2) is 7.92. The van der Waals surface area contributed by atoms with Crippen molar-refractivity contribution in [3.8, 4) is 5.75 Å². The van der Waals surface area contributed by atoms with Crippen molar-refractivity contribution in [2.75, 3.05) is 6.61 Å². The zero-order valence-electron chi connectivity index (χ0n) is 8.43. The number of hydrogen-bond acceptors (Lipinski definition) is 4. The third-order valence-corrected chi connectivity index (χ3v) is 1.57. The first-order valence-electron chi connectivity index (χ1n) is 4.63. The van der Waals surface area contributed by atoms with Gasteiger partial charge in [0.15, 0.2) is 17.4 Å². The number of ether oxygens (including phenoxy) is 2. The first kappa shape index (κ1) is 14.7. The lowest BCUT2D eigenvalue weighted by Crippen LogP contribution is -2.15. The molecule has 0 radical (unpaired) electrons. The number of para-hydroxylation sites is 1. The molecule has 1 rings (SSSR count). The van der Waals surface area contributed by atoms with E-state index in [4.69, 9.17) is 4.74 Å². The van der Waals surface area contributed by atoms with E-state index in [0.29, 0.717) is 5.75 Å². The van der Waals surface area contributed by atoms with Crippen molar-refractivity contribution in [3.05, 3.63) is 30.3 Å². The van der Waals surface area contributed by atoms with E-state index in [1.807, 2.05) is 6.07 Å². The number of benzene rings is 1. The fraction of sp³-hybridized carbons (Fsp3) is 0.273. The highest BCUT2D eigenvalue weighted by Gasteiger charge is 2.11. The van der Waals surface area contributed by atoms with Crippen molar-refractivity contribution in [1.29, 1.82) is 0 Å². The molecular weight excluding hydrogens is 223 g/mol. The van der Waals surface area contributed by atoms with Crippen molar-refractivity contribution in [1.82, 2.24) is 0 Å². The summed E-state index contributed by atoms with van der Waals surface area (Å²) < 4.78 is 9.50. The van der Waals surface area contributed by atoms with Crippen LogP contribution in [0.2, 0.25) is 0 Å². The summed E-state index contributed by atoms with van der Waals surface area (Å²) >= 11 is 0. The van der Waals surface area contributed by atoms with E-state index in [2.05, 4.69) is 4.74 Å². The quantitative estimate of drug-likeness (QED) is 0.329. The van der Waals surface area contributed by atoms with E-state index in [-0.39, 0.29) is 30.4 Å². The summed E-state index contributed by atoms with van der Waals surface area (Å²) in [6, 6.07) is 8.58. The predicted octanol–water partition coefficient (Wildman–Crippen LogP) is 0.361. The van der Waals surface area contributed by atoms with E-state index >= 15 is 0 Å². The molecule has 0 saturated heterocycles. The van der Waals surface area contributed by atoms with Gasteiger partial charge in [-0.3, -0.25) is 9.59 Å².